The van der Waals surface area contributed by atoms with Crippen LogP contribution in [-0.4, -0.2) is 31.8 Å². The van der Waals surface area contributed by atoms with E-state index in [-0.39, 0.29) is 6.04 Å². The molecule has 1 aromatic rings. The zero-order valence-corrected chi connectivity index (χ0v) is 14.3. The molecule has 3 atom stereocenters. The quantitative estimate of drug-likeness (QED) is 0.859. The molecule has 3 unspecified atom stereocenters. The molecule has 1 saturated carbocycles. The Kier molecular flexibility index (Phi) is 6.24. The summed E-state index contributed by atoms with van der Waals surface area (Å²) in [5.74, 6) is 1.73. The lowest BCUT2D eigenvalue weighted by molar-refractivity contribution is 0.343. The molecule has 1 aliphatic carbocycles. The topological polar surface area (TPSA) is 30.5 Å². The maximum atomic E-state index is 5.52. The molecule has 0 saturated heterocycles. The molecule has 21 heavy (non-hydrogen) atoms. The maximum absolute atomic E-state index is 5.52. The van der Waals surface area contributed by atoms with Gasteiger partial charge in [-0.1, -0.05) is 12.5 Å². The number of ether oxygens (including phenoxy) is 2. The van der Waals surface area contributed by atoms with Crippen LogP contribution in [0.1, 0.15) is 44.2 Å². The van der Waals surface area contributed by atoms with Gasteiger partial charge in [-0.3, -0.25) is 0 Å². The minimum absolute atomic E-state index is 0.288. The average molecular weight is 309 g/mol. The van der Waals surface area contributed by atoms with Crippen LogP contribution in [-0.2, 0) is 0 Å². The van der Waals surface area contributed by atoms with Crippen molar-refractivity contribution in [1.82, 2.24) is 5.32 Å². The predicted octanol–water partition coefficient (Wildman–Crippen LogP) is 4.03. The fourth-order valence-electron chi connectivity index (χ4n) is 3.13. The molecule has 2 rings (SSSR count). The van der Waals surface area contributed by atoms with Crippen molar-refractivity contribution in [3.63, 3.8) is 0 Å². The summed E-state index contributed by atoms with van der Waals surface area (Å²) in [5.41, 5.74) is 1.20. The zero-order chi connectivity index (χ0) is 15.2. The second-order valence-electron chi connectivity index (χ2n) is 5.72. The molecule has 1 N–H and O–H groups in total. The molecule has 0 amide bonds. The largest absolute Gasteiger partial charge is 0.497 e. The monoisotopic (exact) mass is 309 g/mol. The first-order valence-corrected chi connectivity index (χ1v) is 8.97. The third kappa shape index (κ3) is 4.30. The Morgan fingerprint density at radius 1 is 1.24 bits per heavy atom. The highest BCUT2D eigenvalue weighted by atomic mass is 32.2. The van der Waals surface area contributed by atoms with Crippen molar-refractivity contribution in [2.24, 2.45) is 0 Å². The van der Waals surface area contributed by atoms with Crippen LogP contribution < -0.4 is 14.8 Å². The molecule has 4 heteroatoms. The summed E-state index contributed by atoms with van der Waals surface area (Å²) < 4.78 is 10.8. The van der Waals surface area contributed by atoms with Crippen molar-refractivity contribution >= 4 is 11.8 Å². The summed E-state index contributed by atoms with van der Waals surface area (Å²) in [7, 11) is 3.40. The summed E-state index contributed by atoms with van der Waals surface area (Å²) in [6.45, 7) is 2.22. The van der Waals surface area contributed by atoms with E-state index in [0.29, 0.717) is 6.04 Å². The Morgan fingerprint density at radius 3 is 2.71 bits per heavy atom. The zero-order valence-electron chi connectivity index (χ0n) is 13.5. The van der Waals surface area contributed by atoms with Crippen LogP contribution in [0.5, 0.6) is 11.5 Å². The number of thioether (sulfide) groups is 1. The maximum Gasteiger partial charge on any atom is 0.127 e. The van der Waals surface area contributed by atoms with Crippen molar-refractivity contribution in [2.45, 2.75) is 49.9 Å². The van der Waals surface area contributed by atoms with E-state index in [0.717, 1.165) is 16.7 Å². The SMILES string of the molecule is COc1ccc(C(C)NC2CCCC(SC)C2)c(OC)c1. The van der Waals surface area contributed by atoms with E-state index in [1.807, 2.05) is 23.9 Å². The average Bonchev–Trinajstić information content (AvgIpc) is 2.54. The van der Waals surface area contributed by atoms with Crippen molar-refractivity contribution < 1.29 is 9.47 Å². The lowest BCUT2D eigenvalue weighted by Crippen LogP contribution is -2.36. The molecule has 0 heterocycles. The van der Waals surface area contributed by atoms with Gasteiger partial charge in [-0.05, 0) is 38.5 Å². The second-order valence-corrected chi connectivity index (χ2v) is 6.86. The lowest BCUT2D eigenvalue weighted by atomic mass is 9.93. The smallest absolute Gasteiger partial charge is 0.127 e. The van der Waals surface area contributed by atoms with Crippen LogP contribution in [0.25, 0.3) is 0 Å². The van der Waals surface area contributed by atoms with Gasteiger partial charge in [0.2, 0.25) is 0 Å². The normalized spacial score (nSPS) is 23.6. The number of hydrogen-bond donors (Lipinski definition) is 1. The van der Waals surface area contributed by atoms with Gasteiger partial charge in [-0.2, -0.15) is 11.8 Å². The number of nitrogens with one attached hydrogen (secondary N) is 1. The van der Waals surface area contributed by atoms with E-state index in [2.05, 4.69) is 24.6 Å². The molecule has 0 aromatic heterocycles. The molecule has 0 aliphatic heterocycles. The van der Waals surface area contributed by atoms with Gasteiger partial charge in [-0.15, -0.1) is 0 Å². The summed E-state index contributed by atoms with van der Waals surface area (Å²) in [6, 6.07) is 6.96. The fraction of sp³-hybridized carbons (Fsp3) is 0.647. The standard InChI is InChI=1S/C17H27NO2S/c1-12(18-13-6-5-7-15(10-13)21-4)16-9-8-14(19-2)11-17(16)20-3/h8-9,11-13,15,18H,5-7,10H2,1-4H3. The third-order valence-electron chi connectivity index (χ3n) is 4.35. The highest BCUT2D eigenvalue weighted by Gasteiger charge is 2.23. The summed E-state index contributed by atoms with van der Waals surface area (Å²) >= 11 is 2.00. The van der Waals surface area contributed by atoms with Crippen LogP contribution in [0.2, 0.25) is 0 Å². The van der Waals surface area contributed by atoms with E-state index in [9.17, 15) is 0 Å². The van der Waals surface area contributed by atoms with Gasteiger partial charge in [0.15, 0.2) is 0 Å². The van der Waals surface area contributed by atoms with Crippen molar-refractivity contribution in [3.05, 3.63) is 23.8 Å². The number of hydrogen-bond acceptors (Lipinski definition) is 4. The third-order valence-corrected chi connectivity index (χ3v) is 5.45. The molecule has 1 aliphatic rings. The molecule has 118 valence electrons. The Hall–Kier alpha value is -0.870. The van der Waals surface area contributed by atoms with Gasteiger partial charge in [0.05, 0.1) is 14.2 Å². The number of benzene rings is 1. The van der Waals surface area contributed by atoms with Crippen molar-refractivity contribution in [3.8, 4) is 11.5 Å². The van der Waals surface area contributed by atoms with Gasteiger partial charge in [0.1, 0.15) is 11.5 Å². The van der Waals surface area contributed by atoms with E-state index < -0.39 is 0 Å². The molecular formula is C17H27NO2S. The first-order chi connectivity index (χ1) is 10.2. The number of methoxy groups -OCH3 is 2. The Bertz CT molecular complexity index is 452. The van der Waals surface area contributed by atoms with E-state index in [1.54, 1.807) is 14.2 Å². The minimum Gasteiger partial charge on any atom is -0.497 e. The van der Waals surface area contributed by atoms with Crippen LogP contribution in [0.15, 0.2) is 18.2 Å². The van der Waals surface area contributed by atoms with Gasteiger partial charge in [0.25, 0.3) is 0 Å². The molecule has 0 bridgehead atoms. The lowest BCUT2D eigenvalue weighted by Gasteiger charge is -2.31. The molecule has 1 aromatic carbocycles. The highest BCUT2D eigenvalue weighted by molar-refractivity contribution is 7.99. The fourth-order valence-corrected chi connectivity index (χ4v) is 3.96. The van der Waals surface area contributed by atoms with E-state index in [1.165, 1.54) is 31.2 Å². The van der Waals surface area contributed by atoms with Crippen LogP contribution in [0, 0.1) is 0 Å². The highest BCUT2D eigenvalue weighted by Crippen LogP contribution is 2.32. The van der Waals surface area contributed by atoms with Gasteiger partial charge in [0, 0.05) is 29.0 Å². The van der Waals surface area contributed by atoms with Crippen molar-refractivity contribution in [1.29, 1.82) is 0 Å². The Labute approximate surface area is 132 Å². The molecular weight excluding hydrogens is 282 g/mol. The molecule has 0 radical (unpaired) electrons. The van der Waals surface area contributed by atoms with Crippen LogP contribution >= 0.6 is 11.8 Å². The van der Waals surface area contributed by atoms with E-state index in [4.69, 9.17) is 9.47 Å². The molecule has 0 spiro atoms. The van der Waals surface area contributed by atoms with Gasteiger partial charge < -0.3 is 14.8 Å². The predicted molar refractivity (Wildman–Crippen MR) is 90.7 cm³/mol. The van der Waals surface area contributed by atoms with Crippen molar-refractivity contribution in [2.75, 3.05) is 20.5 Å². The minimum atomic E-state index is 0.288. The molecule has 1 fully saturated rings. The van der Waals surface area contributed by atoms with Crippen LogP contribution in [0.3, 0.4) is 0 Å². The first-order valence-electron chi connectivity index (χ1n) is 7.68. The second kappa shape index (κ2) is 7.95. The van der Waals surface area contributed by atoms with Gasteiger partial charge in [-0.25, -0.2) is 0 Å². The summed E-state index contributed by atoms with van der Waals surface area (Å²) in [4.78, 5) is 0. The Balaban J connectivity index is 2.04. The molecule has 3 nitrogen and oxygen atoms in total. The summed E-state index contributed by atoms with van der Waals surface area (Å²) in [6.07, 6.45) is 7.46. The Morgan fingerprint density at radius 2 is 2.05 bits per heavy atom. The first kappa shape index (κ1) is 16.5. The van der Waals surface area contributed by atoms with E-state index >= 15 is 0 Å². The summed E-state index contributed by atoms with van der Waals surface area (Å²) in [5, 5.41) is 4.58. The number of rotatable bonds is 6. The van der Waals surface area contributed by atoms with Crippen LogP contribution in [0.4, 0.5) is 0 Å². The van der Waals surface area contributed by atoms with Gasteiger partial charge >= 0.3 is 0 Å².